The number of nitrogens with one attached hydrogen (secondary N) is 1. The van der Waals surface area contributed by atoms with Crippen LogP contribution in [0.5, 0.6) is 0 Å². The number of benzene rings is 1. The summed E-state index contributed by atoms with van der Waals surface area (Å²) in [5.41, 5.74) is 2.67. The molecule has 100 valence electrons. The van der Waals surface area contributed by atoms with Crippen molar-refractivity contribution in [3.63, 3.8) is 0 Å². The zero-order valence-corrected chi connectivity index (χ0v) is 11.4. The van der Waals surface area contributed by atoms with E-state index in [-0.39, 0.29) is 5.91 Å². The molecule has 0 saturated heterocycles. The first kappa shape index (κ1) is 13.3. The summed E-state index contributed by atoms with van der Waals surface area (Å²) in [5, 5.41) is 7.05. The van der Waals surface area contributed by atoms with Crippen molar-refractivity contribution < 1.29 is 4.79 Å². The van der Waals surface area contributed by atoms with Crippen molar-refractivity contribution in [2.75, 3.05) is 5.32 Å². The topological polar surface area (TPSA) is 46.9 Å². The van der Waals surface area contributed by atoms with Gasteiger partial charge < -0.3 is 5.32 Å². The highest BCUT2D eigenvalue weighted by Gasteiger charge is 2.11. The van der Waals surface area contributed by atoms with Gasteiger partial charge in [-0.2, -0.15) is 5.10 Å². The fraction of sp³-hybridized carbons (Fsp3) is 0.333. The molecule has 2 rings (SSSR count). The lowest BCUT2D eigenvalue weighted by molar-refractivity contribution is 0.101. The molecule has 0 unspecified atom stereocenters. The van der Waals surface area contributed by atoms with Crippen LogP contribution >= 0.6 is 0 Å². The van der Waals surface area contributed by atoms with Gasteiger partial charge in [-0.1, -0.05) is 26.0 Å². The van der Waals surface area contributed by atoms with Crippen LogP contribution in [0.4, 0.5) is 5.69 Å². The summed E-state index contributed by atoms with van der Waals surface area (Å²) in [6, 6.07) is 9.65. The molecule has 1 amide bonds. The van der Waals surface area contributed by atoms with Gasteiger partial charge in [-0.3, -0.25) is 9.48 Å². The van der Waals surface area contributed by atoms with E-state index in [1.54, 1.807) is 16.9 Å². The first-order valence-corrected chi connectivity index (χ1v) is 6.66. The fourth-order valence-electron chi connectivity index (χ4n) is 1.93. The van der Waals surface area contributed by atoms with Crippen LogP contribution in [-0.2, 0) is 13.0 Å². The molecule has 0 radical (unpaired) electrons. The molecule has 1 heterocycles. The van der Waals surface area contributed by atoms with Crippen LogP contribution in [0, 0.1) is 0 Å². The number of aryl methyl sites for hydroxylation is 2. The average Bonchev–Trinajstić information content (AvgIpc) is 2.88. The minimum absolute atomic E-state index is 0.116. The van der Waals surface area contributed by atoms with Crippen LogP contribution < -0.4 is 5.32 Å². The summed E-state index contributed by atoms with van der Waals surface area (Å²) in [6.07, 6.45) is 3.61. The molecule has 0 aliphatic carbocycles. The highest BCUT2D eigenvalue weighted by molar-refractivity contribution is 6.03. The lowest BCUT2D eigenvalue weighted by Gasteiger charge is -2.08. The van der Waals surface area contributed by atoms with E-state index in [1.165, 1.54) is 5.56 Å². The largest absolute Gasteiger partial charge is 0.321 e. The van der Waals surface area contributed by atoms with Gasteiger partial charge in [0.2, 0.25) is 0 Å². The van der Waals surface area contributed by atoms with Crippen molar-refractivity contribution in [3.8, 4) is 0 Å². The van der Waals surface area contributed by atoms with Gasteiger partial charge in [0.15, 0.2) is 0 Å². The summed E-state index contributed by atoms with van der Waals surface area (Å²) in [6.45, 7) is 4.92. The molecule has 4 nitrogen and oxygen atoms in total. The van der Waals surface area contributed by atoms with Crippen molar-refractivity contribution in [1.29, 1.82) is 0 Å². The molecule has 0 aliphatic heterocycles. The first-order valence-electron chi connectivity index (χ1n) is 6.66. The molecule has 1 aromatic carbocycles. The Bertz CT molecular complexity index is 543. The second-order valence-corrected chi connectivity index (χ2v) is 4.44. The first-order chi connectivity index (χ1) is 9.24. The summed E-state index contributed by atoms with van der Waals surface area (Å²) < 4.78 is 1.73. The Labute approximate surface area is 113 Å². The van der Waals surface area contributed by atoms with Crippen molar-refractivity contribution >= 4 is 11.6 Å². The number of carbonyl (C=O) groups is 1. The van der Waals surface area contributed by atoms with Crippen molar-refractivity contribution in [2.24, 2.45) is 0 Å². The van der Waals surface area contributed by atoms with Crippen molar-refractivity contribution in [1.82, 2.24) is 9.78 Å². The fourth-order valence-corrected chi connectivity index (χ4v) is 1.93. The zero-order chi connectivity index (χ0) is 13.7. The van der Waals surface area contributed by atoms with E-state index in [0.29, 0.717) is 5.69 Å². The van der Waals surface area contributed by atoms with Gasteiger partial charge in [0.05, 0.1) is 0 Å². The Kier molecular flexibility index (Phi) is 4.34. The molecule has 0 saturated carbocycles. The van der Waals surface area contributed by atoms with E-state index in [2.05, 4.69) is 24.3 Å². The maximum atomic E-state index is 12.2. The van der Waals surface area contributed by atoms with Gasteiger partial charge in [0.1, 0.15) is 5.69 Å². The molecule has 2 aromatic rings. The lowest BCUT2D eigenvalue weighted by Crippen LogP contribution is -2.17. The molecule has 1 N–H and O–H groups in total. The van der Waals surface area contributed by atoms with Gasteiger partial charge in [0.25, 0.3) is 5.91 Å². The second-order valence-electron chi connectivity index (χ2n) is 4.44. The number of hydrogen-bond donors (Lipinski definition) is 1. The molecule has 19 heavy (non-hydrogen) atoms. The Morgan fingerprint density at radius 1 is 1.21 bits per heavy atom. The predicted molar refractivity (Wildman–Crippen MR) is 76.3 cm³/mol. The van der Waals surface area contributed by atoms with Gasteiger partial charge >= 0.3 is 0 Å². The quantitative estimate of drug-likeness (QED) is 0.894. The van der Waals surface area contributed by atoms with Crippen molar-refractivity contribution in [2.45, 2.75) is 33.2 Å². The maximum absolute atomic E-state index is 12.2. The van der Waals surface area contributed by atoms with E-state index >= 15 is 0 Å². The number of anilines is 1. The number of rotatable bonds is 5. The SMILES string of the molecule is CCCn1nccc1C(=O)Nc1ccc(CC)cc1. The normalized spacial score (nSPS) is 10.4. The highest BCUT2D eigenvalue weighted by Crippen LogP contribution is 2.12. The van der Waals surface area contributed by atoms with Crippen LogP contribution in [-0.4, -0.2) is 15.7 Å². The third-order valence-corrected chi connectivity index (χ3v) is 3.00. The Morgan fingerprint density at radius 3 is 2.58 bits per heavy atom. The average molecular weight is 257 g/mol. The van der Waals surface area contributed by atoms with Gasteiger partial charge in [-0.25, -0.2) is 0 Å². The second kappa shape index (κ2) is 6.18. The third-order valence-electron chi connectivity index (χ3n) is 3.00. The summed E-state index contributed by atoms with van der Waals surface area (Å²) in [4.78, 5) is 12.2. The third kappa shape index (κ3) is 3.22. The van der Waals surface area contributed by atoms with Crippen molar-refractivity contribution in [3.05, 3.63) is 47.8 Å². The molecule has 0 atom stereocenters. The Balaban J connectivity index is 2.09. The van der Waals surface area contributed by atoms with Gasteiger partial charge in [0, 0.05) is 18.4 Å². The molecule has 0 fully saturated rings. The molecule has 0 bridgehead atoms. The maximum Gasteiger partial charge on any atom is 0.273 e. The lowest BCUT2D eigenvalue weighted by atomic mass is 10.1. The Hall–Kier alpha value is -2.10. The molecule has 0 aliphatic rings. The molecule has 0 spiro atoms. The standard InChI is InChI=1S/C15H19N3O/c1-3-11-18-14(9-10-16-18)15(19)17-13-7-5-12(4-2)6-8-13/h5-10H,3-4,11H2,1-2H3,(H,17,19). The van der Waals surface area contributed by atoms with E-state index < -0.39 is 0 Å². The van der Waals surface area contributed by atoms with Gasteiger partial charge in [-0.05, 0) is 36.6 Å². The van der Waals surface area contributed by atoms with Crippen LogP contribution in [0.25, 0.3) is 0 Å². The number of carbonyl (C=O) groups excluding carboxylic acids is 1. The molecular formula is C15H19N3O. The highest BCUT2D eigenvalue weighted by atomic mass is 16.2. The molecule has 4 heteroatoms. The summed E-state index contributed by atoms with van der Waals surface area (Å²) in [7, 11) is 0. The number of hydrogen-bond acceptors (Lipinski definition) is 2. The minimum Gasteiger partial charge on any atom is -0.321 e. The number of amides is 1. The van der Waals surface area contributed by atoms with E-state index in [4.69, 9.17) is 0 Å². The van der Waals surface area contributed by atoms with E-state index in [9.17, 15) is 4.79 Å². The predicted octanol–water partition coefficient (Wildman–Crippen LogP) is 3.11. The van der Waals surface area contributed by atoms with Crippen LogP contribution in [0.2, 0.25) is 0 Å². The number of nitrogens with zero attached hydrogens (tertiary/aromatic N) is 2. The summed E-state index contributed by atoms with van der Waals surface area (Å²) in [5.74, 6) is -0.116. The minimum atomic E-state index is -0.116. The number of aromatic nitrogens is 2. The Morgan fingerprint density at radius 2 is 1.95 bits per heavy atom. The van der Waals surface area contributed by atoms with Crippen LogP contribution in [0.1, 0.15) is 36.3 Å². The summed E-state index contributed by atoms with van der Waals surface area (Å²) >= 11 is 0. The van der Waals surface area contributed by atoms with Crippen LogP contribution in [0.15, 0.2) is 36.5 Å². The van der Waals surface area contributed by atoms with E-state index in [1.807, 2.05) is 24.3 Å². The molecular weight excluding hydrogens is 238 g/mol. The zero-order valence-electron chi connectivity index (χ0n) is 11.4. The molecule has 1 aromatic heterocycles. The smallest absolute Gasteiger partial charge is 0.273 e. The van der Waals surface area contributed by atoms with Crippen LogP contribution in [0.3, 0.4) is 0 Å². The monoisotopic (exact) mass is 257 g/mol. The van der Waals surface area contributed by atoms with E-state index in [0.717, 1.165) is 25.1 Å². The van der Waals surface area contributed by atoms with Gasteiger partial charge in [-0.15, -0.1) is 0 Å².